The van der Waals surface area contributed by atoms with Crippen molar-refractivity contribution in [3.8, 4) is 0 Å². The highest BCUT2D eigenvalue weighted by atomic mass is 35.5. The molecular weight excluding hydrogens is 291 g/mol. The van der Waals surface area contributed by atoms with E-state index in [-0.39, 0.29) is 0 Å². The fourth-order valence-corrected chi connectivity index (χ4v) is 3.22. The van der Waals surface area contributed by atoms with Gasteiger partial charge in [-0.15, -0.1) is 11.6 Å². The summed E-state index contributed by atoms with van der Waals surface area (Å²) in [5, 5.41) is 1.11. The first-order valence-electron chi connectivity index (χ1n) is 6.02. The number of alkyl halides is 1. The van der Waals surface area contributed by atoms with Gasteiger partial charge in [-0.1, -0.05) is 30.1 Å². The molecule has 0 aliphatic heterocycles. The van der Waals surface area contributed by atoms with Crippen molar-refractivity contribution in [1.29, 1.82) is 0 Å². The molecule has 5 heteroatoms. The van der Waals surface area contributed by atoms with Gasteiger partial charge in [-0.25, -0.2) is 4.98 Å². The zero-order valence-corrected chi connectivity index (χ0v) is 12.2. The van der Waals surface area contributed by atoms with Gasteiger partial charge >= 0.3 is 0 Å². The van der Waals surface area contributed by atoms with E-state index < -0.39 is 0 Å². The molecule has 0 atom stereocenters. The number of imidazole rings is 1. The normalized spacial score (nSPS) is 23.3. The number of halogens is 3. The molecule has 1 aliphatic rings. The van der Waals surface area contributed by atoms with Gasteiger partial charge in [0.05, 0.1) is 27.0 Å². The lowest BCUT2D eigenvalue weighted by Crippen LogP contribution is -2.25. The first-order chi connectivity index (χ1) is 8.60. The molecule has 1 aromatic heterocycles. The topological polar surface area (TPSA) is 17.8 Å². The van der Waals surface area contributed by atoms with Crippen LogP contribution in [-0.4, -0.2) is 9.55 Å². The lowest BCUT2D eigenvalue weighted by molar-refractivity contribution is 0.217. The van der Waals surface area contributed by atoms with Gasteiger partial charge in [0.25, 0.3) is 0 Å². The zero-order chi connectivity index (χ0) is 12.9. The molecule has 1 aliphatic carbocycles. The lowest BCUT2D eigenvalue weighted by Gasteiger charge is -2.35. The van der Waals surface area contributed by atoms with Crippen LogP contribution in [0.5, 0.6) is 0 Å². The molecule has 18 heavy (non-hydrogen) atoms. The minimum Gasteiger partial charge on any atom is -0.324 e. The molecule has 3 rings (SSSR count). The maximum absolute atomic E-state index is 6.10. The number of nitrogens with zero attached hydrogens (tertiary/aromatic N) is 2. The fraction of sp³-hybridized carbons (Fsp3) is 0.462. The molecule has 96 valence electrons. The van der Waals surface area contributed by atoms with Crippen LogP contribution in [0, 0.1) is 5.92 Å². The summed E-state index contributed by atoms with van der Waals surface area (Å²) in [5.74, 6) is 2.09. The van der Waals surface area contributed by atoms with E-state index in [9.17, 15) is 0 Å². The second kappa shape index (κ2) is 4.59. The molecule has 2 aromatic rings. The van der Waals surface area contributed by atoms with E-state index in [2.05, 4.69) is 16.5 Å². The van der Waals surface area contributed by atoms with Gasteiger partial charge in [0.1, 0.15) is 5.82 Å². The van der Waals surface area contributed by atoms with Gasteiger partial charge in [-0.3, -0.25) is 0 Å². The van der Waals surface area contributed by atoms with Crippen molar-refractivity contribution in [2.45, 2.75) is 31.7 Å². The summed E-state index contributed by atoms with van der Waals surface area (Å²) in [7, 11) is 0. The van der Waals surface area contributed by atoms with E-state index >= 15 is 0 Å². The first-order valence-corrected chi connectivity index (χ1v) is 7.31. The SMILES string of the molecule is CC1CC(n2c(CCl)nc3cc(Cl)c(Cl)cc32)C1. The highest BCUT2D eigenvalue weighted by molar-refractivity contribution is 6.42. The Kier molecular flexibility index (Phi) is 3.21. The third-order valence-electron chi connectivity index (χ3n) is 3.64. The van der Waals surface area contributed by atoms with Crippen LogP contribution in [0.25, 0.3) is 11.0 Å². The van der Waals surface area contributed by atoms with Crippen LogP contribution in [0.4, 0.5) is 0 Å². The van der Waals surface area contributed by atoms with E-state index in [1.807, 2.05) is 12.1 Å². The molecule has 1 saturated carbocycles. The molecule has 1 fully saturated rings. The molecule has 0 radical (unpaired) electrons. The van der Waals surface area contributed by atoms with Gasteiger partial charge in [0.2, 0.25) is 0 Å². The van der Waals surface area contributed by atoms with Crippen LogP contribution in [0.2, 0.25) is 10.0 Å². The van der Waals surface area contributed by atoms with Gasteiger partial charge < -0.3 is 4.57 Å². The highest BCUT2D eigenvalue weighted by Crippen LogP contribution is 2.41. The Morgan fingerprint density at radius 2 is 1.94 bits per heavy atom. The molecule has 0 bridgehead atoms. The predicted molar refractivity (Wildman–Crippen MR) is 76.7 cm³/mol. The smallest absolute Gasteiger partial charge is 0.125 e. The Labute approximate surface area is 121 Å². The van der Waals surface area contributed by atoms with Crippen molar-refractivity contribution < 1.29 is 0 Å². The zero-order valence-electron chi connectivity index (χ0n) is 9.96. The number of benzene rings is 1. The quantitative estimate of drug-likeness (QED) is 0.710. The van der Waals surface area contributed by atoms with Gasteiger partial charge in [0.15, 0.2) is 0 Å². The van der Waals surface area contributed by atoms with Gasteiger partial charge in [0, 0.05) is 6.04 Å². The Morgan fingerprint density at radius 3 is 2.56 bits per heavy atom. The molecule has 1 heterocycles. The van der Waals surface area contributed by atoms with Crippen LogP contribution in [0.3, 0.4) is 0 Å². The highest BCUT2D eigenvalue weighted by Gasteiger charge is 2.30. The van der Waals surface area contributed by atoms with Crippen LogP contribution in [0.15, 0.2) is 12.1 Å². The number of aromatic nitrogens is 2. The summed E-state index contributed by atoms with van der Waals surface area (Å²) in [6.07, 6.45) is 2.35. The van der Waals surface area contributed by atoms with Gasteiger partial charge in [-0.05, 0) is 30.9 Å². The number of rotatable bonds is 2. The summed E-state index contributed by atoms with van der Waals surface area (Å²) in [4.78, 5) is 4.55. The number of hydrogen-bond acceptors (Lipinski definition) is 1. The molecule has 2 nitrogen and oxygen atoms in total. The Hall–Kier alpha value is -0.440. The number of fused-ring (bicyclic) bond motifs is 1. The summed E-state index contributed by atoms with van der Waals surface area (Å²) >= 11 is 18.1. The average Bonchev–Trinajstić information content (AvgIpc) is 2.63. The molecule has 0 spiro atoms. The maximum atomic E-state index is 6.10. The summed E-state index contributed by atoms with van der Waals surface area (Å²) in [6, 6.07) is 4.20. The van der Waals surface area contributed by atoms with Crippen molar-refractivity contribution in [3.05, 3.63) is 28.0 Å². The lowest BCUT2D eigenvalue weighted by atomic mass is 9.81. The Bertz CT molecular complexity index is 600. The summed E-state index contributed by atoms with van der Waals surface area (Å²) in [5.41, 5.74) is 1.91. The Morgan fingerprint density at radius 1 is 1.28 bits per heavy atom. The molecule has 1 aromatic carbocycles. The minimum absolute atomic E-state index is 0.412. The molecule has 0 saturated heterocycles. The third kappa shape index (κ3) is 1.91. The van der Waals surface area contributed by atoms with E-state index in [4.69, 9.17) is 34.8 Å². The van der Waals surface area contributed by atoms with E-state index in [1.165, 1.54) is 12.8 Å². The van der Waals surface area contributed by atoms with Crippen molar-refractivity contribution in [2.24, 2.45) is 5.92 Å². The van der Waals surface area contributed by atoms with Crippen molar-refractivity contribution in [2.75, 3.05) is 0 Å². The molecule has 0 amide bonds. The van der Waals surface area contributed by atoms with Crippen LogP contribution in [-0.2, 0) is 5.88 Å². The van der Waals surface area contributed by atoms with E-state index in [1.54, 1.807) is 0 Å². The second-order valence-electron chi connectivity index (χ2n) is 5.02. The van der Waals surface area contributed by atoms with Crippen LogP contribution < -0.4 is 0 Å². The molecule has 0 N–H and O–H groups in total. The predicted octanol–water partition coefficient (Wildman–Crippen LogP) is 5.05. The van der Waals surface area contributed by atoms with E-state index in [0.717, 1.165) is 22.8 Å². The third-order valence-corrected chi connectivity index (χ3v) is 4.60. The van der Waals surface area contributed by atoms with Crippen LogP contribution in [0.1, 0.15) is 31.6 Å². The van der Waals surface area contributed by atoms with Gasteiger partial charge in [-0.2, -0.15) is 0 Å². The summed E-state index contributed by atoms with van der Waals surface area (Å²) in [6.45, 7) is 2.26. The van der Waals surface area contributed by atoms with Crippen LogP contribution >= 0.6 is 34.8 Å². The van der Waals surface area contributed by atoms with Crippen molar-refractivity contribution in [1.82, 2.24) is 9.55 Å². The largest absolute Gasteiger partial charge is 0.324 e. The Balaban J connectivity index is 2.18. The number of hydrogen-bond donors (Lipinski definition) is 0. The second-order valence-corrected chi connectivity index (χ2v) is 6.10. The first kappa shape index (κ1) is 12.6. The molecule has 0 unspecified atom stereocenters. The molecular formula is C13H13Cl3N2. The monoisotopic (exact) mass is 302 g/mol. The van der Waals surface area contributed by atoms with Crippen molar-refractivity contribution in [3.63, 3.8) is 0 Å². The standard InChI is InChI=1S/C13H13Cl3N2/c1-7-2-8(3-7)18-12-5-10(16)9(15)4-11(12)17-13(18)6-14/h4-5,7-8H,2-3,6H2,1H3. The average molecular weight is 304 g/mol. The minimum atomic E-state index is 0.412. The maximum Gasteiger partial charge on any atom is 0.125 e. The summed E-state index contributed by atoms with van der Waals surface area (Å²) < 4.78 is 2.23. The van der Waals surface area contributed by atoms with Crippen molar-refractivity contribution >= 4 is 45.8 Å². The fourth-order valence-electron chi connectivity index (χ4n) is 2.71. The van der Waals surface area contributed by atoms with E-state index in [0.29, 0.717) is 22.0 Å².